The monoisotopic (exact) mass is 250 g/mol. The van der Waals surface area contributed by atoms with E-state index < -0.39 is 43.9 Å². The summed E-state index contributed by atoms with van der Waals surface area (Å²) in [6, 6.07) is 0. The van der Waals surface area contributed by atoms with E-state index in [1.54, 1.807) is 0 Å². The lowest BCUT2D eigenvalue weighted by Crippen LogP contribution is -2.45. The second kappa shape index (κ2) is 4.08. The molecular formula is C4H10O8S2. The van der Waals surface area contributed by atoms with Gasteiger partial charge in [0.2, 0.25) is 0 Å². The molecule has 0 saturated heterocycles. The average Bonchev–Trinajstić information content (AvgIpc) is 1.95. The van der Waals surface area contributed by atoms with E-state index in [0.717, 1.165) is 0 Å². The van der Waals surface area contributed by atoms with Gasteiger partial charge in [-0.1, -0.05) is 0 Å². The van der Waals surface area contributed by atoms with Crippen LogP contribution in [0.2, 0.25) is 0 Å². The van der Waals surface area contributed by atoms with Crippen LogP contribution in [0, 0.1) is 0 Å². The van der Waals surface area contributed by atoms with E-state index in [2.05, 4.69) is 0 Å². The molecular weight excluding hydrogens is 240 g/mol. The van der Waals surface area contributed by atoms with Crippen molar-refractivity contribution < 1.29 is 36.2 Å². The predicted octanol–water partition coefficient (Wildman–Crippen LogP) is -1.82. The van der Waals surface area contributed by atoms with Crippen molar-refractivity contribution in [3.8, 4) is 0 Å². The molecule has 0 aromatic carbocycles. The fraction of sp³-hybridized carbons (Fsp3) is 1.00. The zero-order chi connectivity index (χ0) is 11.6. The van der Waals surface area contributed by atoms with E-state index in [0.29, 0.717) is 0 Å². The van der Waals surface area contributed by atoms with Crippen LogP contribution in [0.4, 0.5) is 0 Å². The zero-order valence-corrected chi connectivity index (χ0v) is 8.49. The van der Waals surface area contributed by atoms with Gasteiger partial charge in [-0.3, -0.25) is 9.11 Å². The molecule has 0 bridgehead atoms. The molecule has 0 amide bonds. The molecule has 0 rings (SSSR count). The number of rotatable bonds is 5. The van der Waals surface area contributed by atoms with E-state index in [-0.39, 0.29) is 0 Å². The van der Waals surface area contributed by atoms with Crippen molar-refractivity contribution in [2.75, 3.05) is 6.61 Å². The summed E-state index contributed by atoms with van der Waals surface area (Å²) in [4.78, 5) is 0. The van der Waals surface area contributed by atoms with Gasteiger partial charge < -0.3 is 10.2 Å². The topological polar surface area (TPSA) is 149 Å². The number of hydrogen-bond donors (Lipinski definition) is 4. The van der Waals surface area contributed by atoms with Crippen LogP contribution < -0.4 is 0 Å². The SMILES string of the molecule is O=S(=O)(O)C(O)(CCCO)S(=O)(=O)O. The van der Waals surface area contributed by atoms with Crippen molar-refractivity contribution in [2.24, 2.45) is 0 Å². The first kappa shape index (κ1) is 13.7. The predicted molar refractivity (Wildman–Crippen MR) is 44.4 cm³/mol. The van der Waals surface area contributed by atoms with Crippen molar-refractivity contribution in [3.63, 3.8) is 0 Å². The molecule has 0 spiro atoms. The second-order valence-electron chi connectivity index (χ2n) is 2.49. The molecule has 4 N–H and O–H groups in total. The van der Waals surface area contributed by atoms with Crippen molar-refractivity contribution in [3.05, 3.63) is 0 Å². The maximum Gasteiger partial charge on any atom is 0.318 e. The van der Waals surface area contributed by atoms with Crippen LogP contribution in [0.5, 0.6) is 0 Å². The lowest BCUT2D eigenvalue weighted by atomic mass is 10.3. The second-order valence-corrected chi connectivity index (χ2v) is 6.00. The summed E-state index contributed by atoms with van der Waals surface area (Å²) in [5, 5.41) is 17.3. The smallest absolute Gasteiger partial charge is 0.318 e. The summed E-state index contributed by atoms with van der Waals surface area (Å²) in [6.45, 7) is -0.604. The Hall–Kier alpha value is -0.260. The van der Waals surface area contributed by atoms with E-state index in [9.17, 15) is 16.8 Å². The Kier molecular flexibility index (Phi) is 4.01. The minimum atomic E-state index is -5.39. The summed E-state index contributed by atoms with van der Waals surface area (Å²) in [5.74, 6) is 0. The number of aliphatic hydroxyl groups is 2. The minimum Gasteiger partial charge on any atom is -0.396 e. The summed E-state index contributed by atoms with van der Waals surface area (Å²) in [6.07, 6.45) is -1.45. The first-order valence-electron chi connectivity index (χ1n) is 3.33. The molecule has 8 nitrogen and oxygen atoms in total. The fourth-order valence-corrected chi connectivity index (χ4v) is 2.56. The van der Waals surface area contributed by atoms with Crippen molar-refractivity contribution >= 4 is 20.2 Å². The molecule has 14 heavy (non-hydrogen) atoms. The molecule has 0 fully saturated rings. The Balaban J connectivity index is 5.31. The largest absolute Gasteiger partial charge is 0.396 e. The van der Waals surface area contributed by atoms with Crippen LogP contribution in [0.15, 0.2) is 0 Å². The Bertz CT molecular complexity index is 346. The van der Waals surface area contributed by atoms with Crippen LogP contribution in [0.3, 0.4) is 0 Å². The molecule has 0 aromatic heterocycles. The highest BCUT2D eigenvalue weighted by Crippen LogP contribution is 2.25. The van der Waals surface area contributed by atoms with Gasteiger partial charge in [0.05, 0.1) is 0 Å². The van der Waals surface area contributed by atoms with Gasteiger partial charge in [0.1, 0.15) is 0 Å². The fourth-order valence-electron chi connectivity index (χ4n) is 0.693. The number of hydrogen-bond acceptors (Lipinski definition) is 6. The minimum absolute atomic E-state index is 0.421. The van der Waals surface area contributed by atoms with Crippen LogP contribution in [-0.4, -0.2) is 47.0 Å². The molecule has 0 aromatic rings. The van der Waals surface area contributed by atoms with E-state index in [1.165, 1.54) is 0 Å². The van der Waals surface area contributed by atoms with Gasteiger partial charge in [-0.05, 0) is 6.42 Å². The molecule has 0 aliphatic rings. The lowest BCUT2D eigenvalue weighted by molar-refractivity contribution is 0.153. The Morgan fingerprint density at radius 2 is 1.36 bits per heavy atom. The summed E-state index contributed by atoms with van der Waals surface area (Å²) >= 11 is 0. The third-order valence-electron chi connectivity index (χ3n) is 1.46. The normalized spacial score (nSPS) is 14.3. The summed E-state index contributed by atoms with van der Waals surface area (Å²) < 4.78 is 55.1. The Morgan fingerprint density at radius 1 is 1.00 bits per heavy atom. The van der Waals surface area contributed by atoms with Crippen molar-refractivity contribution in [2.45, 2.75) is 17.1 Å². The first-order valence-corrected chi connectivity index (χ1v) is 6.21. The molecule has 0 radical (unpaired) electrons. The molecule has 0 aliphatic heterocycles. The van der Waals surface area contributed by atoms with E-state index in [4.69, 9.17) is 19.3 Å². The highest BCUT2D eigenvalue weighted by atomic mass is 32.3. The Labute approximate surface area is 80.7 Å². The van der Waals surface area contributed by atoms with Crippen LogP contribution in [-0.2, 0) is 20.2 Å². The molecule has 86 valence electrons. The highest BCUT2D eigenvalue weighted by Gasteiger charge is 2.52. The van der Waals surface area contributed by atoms with Gasteiger partial charge >= 0.3 is 24.5 Å². The van der Waals surface area contributed by atoms with E-state index in [1.807, 2.05) is 0 Å². The van der Waals surface area contributed by atoms with Crippen LogP contribution in [0.25, 0.3) is 0 Å². The van der Waals surface area contributed by atoms with Gasteiger partial charge in [0.15, 0.2) is 0 Å². The zero-order valence-electron chi connectivity index (χ0n) is 6.86. The lowest BCUT2D eigenvalue weighted by Gasteiger charge is -2.20. The standard InChI is InChI=1S/C4H10O8S2/c5-3-1-2-4(6,13(7,8)9)14(10,11)12/h5-6H,1-3H2,(H,7,8,9)(H,10,11,12). The van der Waals surface area contributed by atoms with Gasteiger partial charge in [-0.25, -0.2) is 0 Å². The molecule has 10 heteroatoms. The molecule has 0 saturated carbocycles. The third kappa shape index (κ3) is 2.62. The summed E-state index contributed by atoms with van der Waals surface area (Å²) in [7, 11) is -10.8. The quantitative estimate of drug-likeness (QED) is 0.416. The molecule has 0 atom stereocenters. The van der Waals surface area contributed by atoms with Gasteiger partial charge in [-0.15, -0.1) is 0 Å². The Morgan fingerprint density at radius 3 is 1.57 bits per heavy atom. The average molecular weight is 250 g/mol. The summed E-state index contributed by atoms with van der Waals surface area (Å²) in [5.41, 5.74) is 0. The number of aliphatic hydroxyl groups excluding tert-OH is 1. The maximum absolute atomic E-state index is 10.5. The molecule has 0 unspecified atom stereocenters. The molecule has 0 heterocycles. The maximum atomic E-state index is 10.5. The first-order chi connectivity index (χ1) is 6.06. The third-order valence-corrected chi connectivity index (χ3v) is 4.74. The van der Waals surface area contributed by atoms with E-state index >= 15 is 0 Å². The molecule has 0 aliphatic carbocycles. The van der Waals surface area contributed by atoms with Gasteiger partial charge in [0, 0.05) is 13.0 Å². The van der Waals surface area contributed by atoms with Crippen LogP contribution in [0.1, 0.15) is 12.8 Å². The van der Waals surface area contributed by atoms with Gasteiger partial charge in [-0.2, -0.15) is 16.8 Å². The van der Waals surface area contributed by atoms with Gasteiger partial charge in [0.25, 0.3) is 0 Å². The van der Waals surface area contributed by atoms with Crippen LogP contribution >= 0.6 is 0 Å². The van der Waals surface area contributed by atoms with Crippen molar-refractivity contribution in [1.82, 2.24) is 0 Å². The van der Waals surface area contributed by atoms with Crippen molar-refractivity contribution in [1.29, 1.82) is 0 Å². The highest BCUT2D eigenvalue weighted by molar-refractivity contribution is 8.04.